The average molecular weight is 347 g/mol. The van der Waals surface area contributed by atoms with Gasteiger partial charge in [-0.2, -0.15) is 0 Å². The van der Waals surface area contributed by atoms with E-state index in [0.29, 0.717) is 16.7 Å². The van der Waals surface area contributed by atoms with E-state index in [1.54, 1.807) is 25.1 Å². The number of nitrogens with two attached hydrogens (primary N) is 1. The van der Waals surface area contributed by atoms with Gasteiger partial charge in [0.05, 0.1) is 0 Å². The summed E-state index contributed by atoms with van der Waals surface area (Å²) in [5.74, 6) is 1.16. The molecule has 1 saturated heterocycles. The van der Waals surface area contributed by atoms with Crippen molar-refractivity contribution >= 4 is 29.9 Å². The molecule has 2 atom stereocenters. The van der Waals surface area contributed by atoms with Crippen molar-refractivity contribution in [1.82, 2.24) is 4.90 Å². The number of nitrogens with zero attached hydrogens (tertiary/aromatic N) is 1. The molecule has 1 amide bonds. The predicted octanol–water partition coefficient (Wildman–Crippen LogP) is 3.11. The summed E-state index contributed by atoms with van der Waals surface area (Å²) in [4.78, 5) is 14.3. The van der Waals surface area contributed by atoms with Crippen LogP contribution in [0.15, 0.2) is 24.3 Å². The lowest BCUT2D eigenvalue weighted by atomic mass is 9.91. The minimum absolute atomic E-state index is 0. The van der Waals surface area contributed by atoms with Crippen LogP contribution in [0.4, 0.5) is 0 Å². The lowest BCUT2D eigenvalue weighted by Gasteiger charge is -2.35. The molecule has 2 N–H and O–H groups in total. The van der Waals surface area contributed by atoms with Crippen molar-refractivity contribution in [3.05, 3.63) is 29.3 Å². The van der Waals surface area contributed by atoms with Crippen LogP contribution in [0.25, 0.3) is 0 Å². The molecule has 2 rings (SSSR count). The number of piperidine rings is 1. The quantitative estimate of drug-likeness (QED) is 0.911. The van der Waals surface area contributed by atoms with Crippen molar-refractivity contribution in [2.24, 2.45) is 11.7 Å². The van der Waals surface area contributed by atoms with Crippen LogP contribution in [0.3, 0.4) is 0 Å². The number of hydrogen-bond acceptors (Lipinski definition) is 3. The fourth-order valence-electron chi connectivity index (χ4n) is 2.70. The van der Waals surface area contributed by atoms with Crippen LogP contribution in [-0.2, 0) is 4.79 Å². The zero-order valence-electron chi connectivity index (χ0n) is 13.0. The molecule has 0 saturated carbocycles. The first-order chi connectivity index (χ1) is 9.97. The monoisotopic (exact) mass is 346 g/mol. The van der Waals surface area contributed by atoms with E-state index in [2.05, 4.69) is 0 Å². The van der Waals surface area contributed by atoms with E-state index in [1.807, 2.05) is 17.9 Å². The Hall–Kier alpha value is -0.970. The summed E-state index contributed by atoms with van der Waals surface area (Å²) in [6.07, 6.45) is 1.43. The Balaban J connectivity index is 0.00000242. The van der Waals surface area contributed by atoms with Crippen molar-refractivity contribution in [1.29, 1.82) is 0 Å². The molecular weight excluding hydrogens is 323 g/mol. The number of ether oxygens (including phenoxy) is 1. The third-order valence-electron chi connectivity index (χ3n) is 4.05. The van der Waals surface area contributed by atoms with Gasteiger partial charge in [-0.05, 0) is 50.8 Å². The summed E-state index contributed by atoms with van der Waals surface area (Å²) in [5.41, 5.74) is 5.92. The van der Waals surface area contributed by atoms with Gasteiger partial charge in [-0.1, -0.05) is 17.7 Å². The van der Waals surface area contributed by atoms with E-state index < -0.39 is 6.10 Å². The number of carbonyl (C=O) groups excluding carboxylic acids is 1. The van der Waals surface area contributed by atoms with Crippen molar-refractivity contribution < 1.29 is 9.53 Å². The molecule has 1 aliphatic rings. The van der Waals surface area contributed by atoms with Crippen molar-refractivity contribution in [2.75, 3.05) is 13.1 Å². The predicted molar refractivity (Wildman–Crippen MR) is 91.7 cm³/mol. The molecule has 1 fully saturated rings. The fraction of sp³-hybridized carbons (Fsp3) is 0.562. The van der Waals surface area contributed by atoms with Gasteiger partial charge < -0.3 is 15.4 Å². The molecule has 0 aromatic heterocycles. The van der Waals surface area contributed by atoms with E-state index >= 15 is 0 Å². The zero-order valence-corrected chi connectivity index (χ0v) is 14.6. The maximum absolute atomic E-state index is 12.4. The van der Waals surface area contributed by atoms with Crippen molar-refractivity contribution in [3.63, 3.8) is 0 Å². The Morgan fingerprint density at radius 3 is 2.55 bits per heavy atom. The molecule has 1 aromatic carbocycles. The molecule has 1 aliphatic heterocycles. The number of hydrogen-bond donors (Lipinski definition) is 1. The number of likely N-dealkylation sites (tertiary alicyclic amines) is 1. The molecule has 1 heterocycles. The number of rotatable bonds is 4. The number of halogens is 2. The third kappa shape index (κ3) is 5.04. The third-order valence-corrected chi connectivity index (χ3v) is 4.29. The van der Waals surface area contributed by atoms with E-state index in [0.717, 1.165) is 25.9 Å². The lowest BCUT2D eigenvalue weighted by Crippen LogP contribution is -2.46. The molecule has 0 aliphatic carbocycles. The normalized spacial score (nSPS) is 18.3. The van der Waals surface area contributed by atoms with Crippen LogP contribution >= 0.6 is 24.0 Å². The second-order valence-corrected chi connectivity index (χ2v) is 6.18. The molecule has 0 radical (unpaired) electrons. The first kappa shape index (κ1) is 19.1. The topological polar surface area (TPSA) is 55.6 Å². The van der Waals surface area contributed by atoms with Crippen LogP contribution in [0.5, 0.6) is 5.75 Å². The van der Waals surface area contributed by atoms with Crippen molar-refractivity contribution in [2.45, 2.75) is 38.8 Å². The summed E-state index contributed by atoms with van der Waals surface area (Å²) in [7, 11) is 0. The first-order valence-electron chi connectivity index (χ1n) is 7.44. The van der Waals surface area contributed by atoms with E-state index in [4.69, 9.17) is 22.1 Å². The number of benzene rings is 1. The molecule has 2 unspecified atom stereocenters. The maximum atomic E-state index is 12.4. The second-order valence-electron chi connectivity index (χ2n) is 5.74. The number of carbonyl (C=O) groups is 1. The van der Waals surface area contributed by atoms with Crippen LogP contribution in [0, 0.1) is 5.92 Å². The second kappa shape index (κ2) is 8.61. The fourth-order valence-corrected chi connectivity index (χ4v) is 2.88. The molecule has 4 nitrogen and oxygen atoms in total. The molecule has 0 bridgehead atoms. The molecule has 0 spiro atoms. The van der Waals surface area contributed by atoms with Crippen LogP contribution < -0.4 is 10.5 Å². The summed E-state index contributed by atoms with van der Waals surface area (Å²) < 4.78 is 5.68. The van der Waals surface area contributed by atoms with Gasteiger partial charge in [-0.15, -0.1) is 12.4 Å². The lowest BCUT2D eigenvalue weighted by molar-refractivity contribution is -0.139. The molecular formula is C16H24Cl2N2O2. The summed E-state index contributed by atoms with van der Waals surface area (Å²) in [6, 6.07) is 7.30. The maximum Gasteiger partial charge on any atom is 0.263 e. The highest BCUT2D eigenvalue weighted by Crippen LogP contribution is 2.22. The van der Waals surface area contributed by atoms with Gasteiger partial charge in [-0.3, -0.25) is 4.79 Å². The Kier molecular flexibility index (Phi) is 7.46. The first-order valence-corrected chi connectivity index (χ1v) is 7.81. The minimum Gasteiger partial charge on any atom is -0.481 e. The van der Waals surface area contributed by atoms with E-state index in [9.17, 15) is 4.79 Å². The van der Waals surface area contributed by atoms with Gasteiger partial charge in [-0.25, -0.2) is 0 Å². The van der Waals surface area contributed by atoms with Crippen LogP contribution in [-0.4, -0.2) is 36.0 Å². The summed E-state index contributed by atoms with van der Waals surface area (Å²) in [5, 5.41) is 0.602. The Morgan fingerprint density at radius 2 is 2.00 bits per heavy atom. The van der Waals surface area contributed by atoms with Gasteiger partial charge in [0.2, 0.25) is 0 Å². The van der Waals surface area contributed by atoms with Gasteiger partial charge >= 0.3 is 0 Å². The molecule has 22 heavy (non-hydrogen) atoms. The average Bonchev–Trinajstić information content (AvgIpc) is 2.46. The smallest absolute Gasteiger partial charge is 0.263 e. The van der Waals surface area contributed by atoms with Crippen molar-refractivity contribution in [3.8, 4) is 5.75 Å². The van der Waals surface area contributed by atoms with Gasteiger partial charge in [0.25, 0.3) is 5.91 Å². The largest absolute Gasteiger partial charge is 0.481 e. The van der Waals surface area contributed by atoms with E-state index in [1.165, 1.54) is 0 Å². The van der Waals surface area contributed by atoms with Crippen LogP contribution in [0.2, 0.25) is 5.02 Å². The summed E-state index contributed by atoms with van der Waals surface area (Å²) >= 11 is 5.92. The Labute approximate surface area is 143 Å². The SMILES string of the molecule is CC(Oc1cccc(Cl)c1)C(=O)N1CCC(C(C)N)CC1.Cl. The molecule has 124 valence electrons. The van der Waals surface area contributed by atoms with Crippen LogP contribution in [0.1, 0.15) is 26.7 Å². The Morgan fingerprint density at radius 1 is 1.36 bits per heavy atom. The van der Waals surface area contributed by atoms with Gasteiger partial charge in [0, 0.05) is 24.2 Å². The van der Waals surface area contributed by atoms with Gasteiger partial charge in [0.15, 0.2) is 6.10 Å². The minimum atomic E-state index is -0.504. The highest BCUT2D eigenvalue weighted by Gasteiger charge is 2.28. The summed E-state index contributed by atoms with van der Waals surface area (Å²) in [6.45, 7) is 5.33. The highest BCUT2D eigenvalue weighted by atomic mass is 35.5. The standard InChI is InChI=1S/C16H23ClN2O2.ClH/c1-11(18)13-6-8-19(9-7-13)16(20)12(2)21-15-5-3-4-14(17)10-15;/h3-5,10-13H,6-9,18H2,1-2H3;1H. The highest BCUT2D eigenvalue weighted by molar-refractivity contribution is 6.30. The Bertz CT molecular complexity index is 489. The zero-order chi connectivity index (χ0) is 15.4. The van der Waals surface area contributed by atoms with E-state index in [-0.39, 0.29) is 24.4 Å². The number of amides is 1. The molecule has 1 aromatic rings. The molecule has 6 heteroatoms. The van der Waals surface area contributed by atoms with Gasteiger partial charge in [0.1, 0.15) is 5.75 Å².